The number of benzene rings is 1. The highest BCUT2D eigenvalue weighted by Gasteiger charge is 2.47. The van der Waals surface area contributed by atoms with E-state index < -0.39 is 5.72 Å². The molecule has 1 aromatic carbocycles. The van der Waals surface area contributed by atoms with Crippen LogP contribution in [0.5, 0.6) is 0 Å². The Hall–Kier alpha value is -1.72. The van der Waals surface area contributed by atoms with Crippen LogP contribution < -0.4 is 0 Å². The lowest BCUT2D eigenvalue weighted by Gasteiger charge is -2.36. The zero-order valence-electron chi connectivity index (χ0n) is 12.7. The maximum Gasteiger partial charge on any atom is 0.209 e. The summed E-state index contributed by atoms with van der Waals surface area (Å²) in [6, 6.07) is 5.63. The Morgan fingerprint density at radius 2 is 2.29 bits per heavy atom. The molecule has 1 aliphatic heterocycles. The van der Waals surface area contributed by atoms with Crippen LogP contribution in [0.1, 0.15) is 37.0 Å². The van der Waals surface area contributed by atoms with Gasteiger partial charge in [0, 0.05) is 17.5 Å². The second kappa shape index (κ2) is 5.24. The molecular weight excluding hydrogens is 266 g/mol. The van der Waals surface area contributed by atoms with E-state index in [4.69, 9.17) is 4.74 Å². The van der Waals surface area contributed by atoms with Gasteiger partial charge in [-0.25, -0.2) is 0 Å². The number of hydrogen-bond donors (Lipinski definition) is 1. The number of H-pyrrole nitrogens is 1. The Morgan fingerprint density at radius 3 is 2.95 bits per heavy atom. The molecule has 1 N–H and O–H groups in total. The molecule has 1 aliphatic rings. The van der Waals surface area contributed by atoms with Crippen LogP contribution in [0.15, 0.2) is 24.4 Å². The molecule has 2 heterocycles. The summed E-state index contributed by atoms with van der Waals surface area (Å²) >= 11 is 0. The molecule has 112 valence electrons. The number of Topliss-reactive ketones (excluding diaryl/α,β-unsaturated/α-hetero) is 1. The topological polar surface area (TPSA) is 58.2 Å². The van der Waals surface area contributed by atoms with Crippen molar-refractivity contribution in [3.63, 3.8) is 0 Å². The van der Waals surface area contributed by atoms with Gasteiger partial charge in [-0.3, -0.25) is 14.8 Å². The first-order valence-corrected chi connectivity index (χ1v) is 7.40. The molecule has 0 bridgehead atoms. The van der Waals surface area contributed by atoms with Crippen molar-refractivity contribution >= 4 is 16.7 Å². The van der Waals surface area contributed by atoms with Gasteiger partial charge >= 0.3 is 0 Å². The Kier molecular flexibility index (Phi) is 3.55. The highest BCUT2D eigenvalue weighted by atomic mass is 16.5. The lowest BCUT2D eigenvalue weighted by atomic mass is 9.97. The molecule has 1 unspecified atom stereocenters. The number of ether oxygens (including phenoxy) is 1. The predicted molar refractivity (Wildman–Crippen MR) is 81.2 cm³/mol. The fraction of sp³-hybridized carbons (Fsp3) is 0.500. The molecule has 5 nitrogen and oxygen atoms in total. The number of carbonyl (C=O) groups excluding carboxylic acids is 1. The molecule has 21 heavy (non-hydrogen) atoms. The molecule has 1 atom stereocenters. The van der Waals surface area contributed by atoms with E-state index in [0.29, 0.717) is 5.56 Å². The summed E-state index contributed by atoms with van der Waals surface area (Å²) in [6.45, 7) is 4.83. The van der Waals surface area contributed by atoms with E-state index in [-0.39, 0.29) is 11.9 Å². The summed E-state index contributed by atoms with van der Waals surface area (Å²) in [5.74, 6) is 0.0410. The summed E-state index contributed by atoms with van der Waals surface area (Å²) in [5.41, 5.74) is 0.787. The number of rotatable bonds is 4. The first-order valence-electron chi connectivity index (χ1n) is 7.40. The van der Waals surface area contributed by atoms with Gasteiger partial charge in [0.25, 0.3) is 0 Å². The quantitative estimate of drug-likeness (QED) is 0.878. The zero-order chi connectivity index (χ0) is 15.0. The van der Waals surface area contributed by atoms with Gasteiger partial charge in [-0.2, -0.15) is 5.10 Å². The summed E-state index contributed by atoms with van der Waals surface area (Å²) in [5, 5.41) is 7.85. The minimum atomic E-state index is -0.828. The van der Waals surface area contributed by atoms with Crippen molar-refractivity contribution in [3.05, 3.63) is 30.0 Å². The average Bonchev–Trinajstić information content (AvgIpc) is 3.04. The van der Waals surface area contributed by atoms with Crippen LogP contribution in [-0.4, -0.2) is 46.3 Å². The van der Waals surface area contributed by atoms with Gasteiger partial charge in [-0.05, 0) is 51.9 Å². The van der Waals surface area contributed by atoms with Crippen LogP contribution >= 0.6 is 0 Å². The second-order valence-corrected chi connectivity index (χ2v) is 5.98. The van der Waals surface area contributed by atoms with Crippen LogP contribution in [0.4, 0.5) is 0 Å². The van der Waals surface area contributed by atoms with Crippen LogP contribution in [-0.2, 0) is 4.74 Å². The van der Waals surface area contributed by atoms with Gasteiger partial charge in [0.1, 0.15) is 0 Å². The lowest BCUT2D eigenvalue weighted by Crippen LogP contribution is -2.52. The minimum Gasteiger partial charge on any atom is -0.350 e. The van der Waals surface area contributed by atoms with Crippen molar-refractivity contribution in [2.24, 2.45) is 0 Å². The van der Waals surface area contributed by atoms with E-state index in [0.717, 1.165) is 30.3 Å². The Bertz CT molecular complexity index is 664. The molecule has 0 radical (unpaired) electrons. The standard InChI is InChI=1S/C16H21N3O2/c1-11(2)21-16(7-4-8-19(16)3)15(20)12-5-6-14-13(9-12)10-17-18-14/h5-6,9-11H,4,7-8H2,1-3H3,(H,17,18). The van der Waals surface area contributed by atoms with Crippen molar-refractivity contribution in [3.8, 4) is 0 Å². The number of likely N-dealkylation sites (N-methyl/N-ethyl adjacent to an activating group) is 1. The molecule has 0 spiro atoms. The monoisotopic (exact) mass is 287 g/mol. The molecule has 5 heteroatoms. The molecule has 1 fully saturated rings. The fourth-order valence-electron chi connectivity index (χ4n) is 3.12. The minimum absolute atomic E-state index is 0.00663. The Balaban J connectivity index is 2.00. The van der Waals surface area contributed by atoms with Gasteiger partial charge in [-0.1, -0.05) is 0 Å². The van der Waals surface area contributed by atoms with Crippen LogP contribution in [0.3, 0.4) is 0 Å². The van der Waals surface area contributed by atoms with Gasteiger partial charge in [0.05, 0.1) is 17.8 Å². The van der Waals surface area contributed by atoms with E-state index in [2.05, 4.69) is 10.2 Å². The van der Waals surface area contributed by atoms with E-state index in [1.807, 2.05) is 44.0 Å². The van der Waals surface area contributed by atoms with Crippen molar-refractivity contribution in [1.29, 1.82) is 0 Å². The third kappa shape index (κ3) is 2.36. The highest BCUT2D eigenvalue weighted by Crippen LogP contribution is 2.34. The molecule has 0 amide bonds. The van der Waals surface area contributed by atoms with Gasteiger partial charge in [-0.15, -0.1) is 0 Å². The lowest BCUT2D eigenvalue weighted by molar-refractivity contribution is -0.120. The Labute approximate surface area is 124 Å². The molecular formula is C16H21N3O2. The SMILES string of the molecule is CC(C)OC1(C(=O)c2ccc3[nH]ncc3c2)CCCN1C. The maximum atomic E-state index is 13.1. The fourth-order valence-corrected chi connectivity index (χ4v) is 3.12. The summed E-state index contributed by atoms with van der Waals surface area (Å²) < 4.78 is 6.07. The van der Waals surface area contributed by atoms with Gasteiger partial charge in [0.15, 0.2) is 5.72 Å². The summed E-state index contributed by atoms with van der Waals surface area (Å²) in [6.07, 6.45) is 3.46. The summed E-state index contributed by atoms with van der Waals surface area (Å²) in [7, 11) is 1.96. The van der Waals surface area contributed by atoms with E-state index >= 15 is 0 Å². The first kappa shape index (κ1) is 14.2. The number of aromatic amines is 1. The predicted octanol–water partition coefficient (Wildman–Crippen LogP) is 2.59. The van der Waals surface area contributed by atoms with E-state index in [1.54, 1.807) is 6.20 Å². The summed E-state index contributed by atoms with van der Waals surface area (Å²) in [4.78, 5) is 15.1. The normalized spacial score (nSPS) is 23.2. The van der Waals surface area contributed by atoms with Crippen molar-refractivity contribution < 1.29 is 9.53 Å². The molecule has 3 rings (SSSR count). The molecule has 1 aromatic heterocycles. The number of ketones is 1. The number of hydrogen-bond acceptors (Lipinski definition) is 4. The number of likely N-dealkylation sites (tertiary alicyclic amines) is 1. The molecule has 1 saturated heterocycles. The van der Waals surface area contributed by atoms with Crippen LogP contribution in [0.2, 0.25) is 0 Å². The number of nitrogens with zero attached hydrogens (tertiary/aromatic N) is 2. The van der Waals surface area contributed by atoms with Crippen molar-refractivity contribution in [2.75, 3.05) is 13.6 Å². The number of nitrogens with one attached hydrogen (secondary N) is 1. The maximum absolute atomic E-state index is 13.1. The number of fused-ring (bicyclic) bond motifs is 1. The van der Waals surface area contributed by atoms with Crippen LogP contribution in [0, 0.1) is 0 Å². The van der Waals surface area contributed by atoms with Gasteiger partial charge < -0.3 is 4.74 Å². The molecule has 2 aromatic rings. The third-order valence-electron chi connectivity index (χ3n) is 4.11. The van der Waals surface area contributed by atoms with E-state index in [9.17, 15) is 4.79 Å². The molecule has 0 aliphatic carbocycles. The smallest absolute Gasteiger partial charge is 0.209 e. The number of aromatic nitrogens is 2. The van der Waals surface area contributed by atoms with Gasteiger partial charge in [0.2, 0.25) is 5.78 Å². The average molecular weight is 287 g/mol. The Morgan fingerprint density at radius 1 is 1.48 bits per heavy atom. The van der Waals surface area contributed by atoms with E-state index in [1.165, 1.54) is 0 Å². The van der Waals surface area contributed by atoms with Crippen molar-refractivity contribution in [2.45, 2.75) is 38.5 Å². The third-order valence-corrected chi connectivity index (χ3v) is 4.11. The molecule has 0 saturated carbocycles. The first-order chi connectivity index (χ1) is 10.0. The number of carbonyl (C=O) groups is 1. The van der Waals surface area contributed by atoms with Crippen molar-refractivity contribution in [1.82, 2.24) is 15.1 Å². The second-order valence-electron chi connectivity index (χ2n) is 5.98. The highest BCUT2D eigenvalue weighted by molar-refractivity contribution is 6.04. The zero-order valence-corrected chi connectivity index (χ0v) is 12.7. The van der Waals surface area contributed by atoms with Crippen LogP contribution in [0.25, 0.3) is 10.9 Å². The largest absolute Gasteiger partial charge is 0.350 e.